The average molecular weight is 399 g/mol. The van der Waals surface area contributed by atoms with Crippen molar-refractivity contribution in [2.24, 2.45) is 0 Å². The van der Waals surface area contributed by atoms with E-state index in [1.165, 1.54) is 43.7 Å². The van der Waals surface area contributed by atoms with Gasteiger partial charge in [0.15, 0.2) is 5.13 Å². The van der Waals surface area contributed by atoms with Gasteiger partial charge >= 0.3 is 0 Å². The number of nitrogens with zero attached hydrogens (tertiary/aromatic N) is 3. The first-order valence-electron chi connectivity index (χ1n) is 9.26. The van der Waals surface area contributed by atoms with Crippen molar-refractivity contribution in [2.75, 3.05) is 30.7 Å². The highest BCUT2D eigenvalue weighted by Crippen LogP contribution is 2.26. The smallest absolute Gasteiger partial charge is 0.259 e. The number of hydrogen-bond donors (Lipinski definition) is 1. The van der Waals surface area contributed by atoms with Crippen molar-refractivity contribution in [3.05, 3.63) is 48.2 Å². The molecule has 1 aliphatic rings. The second-order valence-corrected chi connectivity index (χ2v) is 8.72. The number of aromatic nitrogens is 2. The lowest BCUT2D eigenvalue weighted by molar-refractivity contribution is 0.102. The number of hydrogen-bond acceptors (Lipinski definition) is 6. The number of thioether (sulfide) groups is 1. The third-order valence-corrected chi connectivity index (χ3v) is 6.49. The van der Waals surface area contributed by atoms with Gasteiger partial charge in [0.2, 0.25) is 0 Å². The lowest BCUT2D eigenvalue weighted by atomic mass is 10.1. The van der Waals surface area contributed by atoms with Gasteiger partial charge in [0.25, 0.3) is 5.91 Å². The minimum absolute atomic E-state index is 0.175. The zero-order chi connectivity index (χ0) is 18.5. The summed E-state index contributed by atoms with van der Waals surface area (Å²) in [5, 5.41) is 4.44. The molecule has 0 atom stereocenters. The van der Waals surface area contributed by atoms with Gasteiger partial charge in [-0.3, -0.25) is 10.1 Å². The SMILES string of the molecule is O=C(Nc1nc2ccccc2s1)c1ccc(SCCN2CCCCC2)nc1. The summed E-state index contributed by atoms with van der Waals surface area (Å²) >= 11 is 3.22. The van der Waals surface area contributed by atoms with Gasteiger partial charge in [-0.05, 0) is 50.2 Å². The fourth-order valence-corrected chi connectivity index (χ4v) is 4.87. The Balaban J connectivity index is 1.30. The van der Waals surface area contributed by atoms with Crippen LogP contribution in [0.25, 0.3) is 10.2 Å². The van der Waals surface area contributed by atoms with Crippen LogP contribution in [0.3, 0.4) is 0 Å². The van der Waals surface area contributed by atoms with E-state index in [2.05, 4.69) is 20.2 Å². The molecule has 3 heterocycles. The molecule has 1 fully saturated rings. The van der Waals surface area contributed by atoms with Gasteiger partial charge in [0.1, 0.15) is 0 Å². The highest BCUT2D eigenvalue weighted by atomic mass is 32.2. The quantitative estimate of drug-likeness (QED) is 0.619. The van der Waals surface area contributed by atoms with Crippen molar-refractivity contribution in [3.8, 4) is 0 Å². The van der Waals surface area contributed by atoms with Crippen LogP contribution in [0.15, 0.2) is 47.6 Å². The van der Waals surface area contributed by atoms with E-state index in [4.69, 9.17) is 0 Å². The van der Waals surface area contributed by atoms with Crippen LogP contribution in [-0.2, 0) is 0 Å². The number of nitrogens with one attached hydrogen (secondary N) is 1. The van der Waals surface area contributed by atoms with Crippen LogP contribution in [0.4, 0.5) is 5.13 Å². The molecule has 0 saturated carbocycles. The Morgan fingerprint density at radius 1 is 1.15 bits per heavy atom. The van der Waals surface area contributed by atoms with Crippen molar-refractivity contribution in [1.82, 2.24) is 14.9 Å². The molecule has 1 aromatic carbocycles. The number of pyridine rings is 1. The number of para-hydroxylation sites is 1. The Bertz CT molecular complexity index is 871. The number of rotatable bonds is 6. The molecule has 0 radical (unpaired) electrons. The van der Waals surface area contributed by atoms with Gasteiger partial charge in [0.05, 0.1) is 20.8 Å². The van der Waals surface area contributed by atoms with Crippen LogP contribution in [-0.4, -0.2) is 46.2 Å². The Morgan fingerprint density at radius 3 is 2.78 bits per heavy atom. The van der Waals surface area contributed by atoms with Crippen LogP contribution in [0.5, 0.6) is 0 Å². The van der Waals surface area contributed by atoms with E-state index in [0.717, 1.165) is 27.5 Å². The van der Waals surface area contributed by atoms with Gasteiger partial charge < -0.3 is 4.90 Å². The number of likely N-dealkylation sites (tertiary alicyclic amines) is 1. The second-order valence-electron chi connectivity index (χ2n) is 6.58. The molecule has 0 unspecified atom stereocenters. The third-order valence-electron chi connectivity index (χ3n) is 4.62. The number of carbonyl (C=O) groups is 1. The van der Waals surface area contributed by atoms with E-state index < -0.39 is 0 Å². The van der Waals surface area contributed by atoms with Gasteiger partial charge in [-0.2, -0.15) is 0 Å². The molecule has 3 aromatic rings. The number of anilines is 1. The Kier molecular flexibility index (Phi) is 6.01. The van der Waals surface area contributed by atoms with E-state index in [0.29, 0.717) is 10.7 Å². The van der Waals surface area contributed by atoms with Crippen LogP contribution in [0.2, 0.25) is 0 Å². The monoisotopic (exact) mass is 398 g/mol. The molecule has 0 spiro atoms. The summed E-state index contributed by atoms with van der Waals surface area (Å²) in [6.07, 6.45) is 5.65. The third kappa shape index (κ3) is 4.86. The standard InChI is InChI=1S/C20H22N4OS2/c25-19(23-20-22-16-6-2-3-7-17(16)27-20)15-8-9-18(21-14-15)26-13-12-24-10-4-1-5-11-24/h2-3,6-9,14H,1,4-5,10-13H2,(H,22,23,25). The topological polar surface area (TPSA) is 58.1 Å². The second kappa shape index (κ2) is 8.82. The molecule has 5 nitrogen and oxygen atoms in total. The molecule has 7 heteroatoms. The molecular weight excluding hydrogens is 376 g/mol. The van der Waals surface area contributed by atoms with Gasteiger partial charge in [-0.15, -0.1) is 11.8 Å². The van der Waals surface area contributed by atoms with Gasteiger partial charge in [-0.1, -0.05) is 29.9 Å². The van der Waals surface area contributed by atoms with E-state index in [1.54, 1.807) is 18.0 Å². The average Bonchev–Trinajstić information content (AvgIpc) is 3.11. The minimum Gasteiger partial charge on any atom is -0.303 e. The highest BCUT2D eigenvalue weighted by Gasteiger charge is 2.12. The first-order chi connectivity index (χ1) is 13.3. The number of piperidine rings is 1. The summed E-state index contributed by atoms with van der Waals surface area (Å²) in [5.74, 6) is 0.857. The van der Waals surface area contributed by atoms with Crippen LogP contribution < -0.4 is 5.32 Å². The molecule has 1 aliphatic heterocycles. The van der Waals surface area contributed by atoms with E-state index >= 15 is 0 Å². The summed E-state index contributed by atoms with van der Waals surface area (Å²) in [6, 6.07) is 11.6. The van der Waals surface area contributed by atoms with E-state index in [9.17, 15) is 4.79 Å². The maximum absolute atomic E-state index is 12.4. The first-order valence-corrected chi connectivity index (χ1v) is 11.1. The van der Waals surface area contributed by atoms with Crippen LogP contribution in [0, 0.1) is 0 Å². The minimum atomic E-state index is -0.175. The molecule has 4 rings (SSSR count). The predicted molar refractivity (Wildman–Crippen MR) is 113 cm³/mol. The fourth-order valence-electron chi connectivity index (χ4n) is 3.16. The molecule has 2 aromatic heterocycles. The first kappa shape index (κ1) is 18.4. The number of carbonyl (C=O) groups excluding carboxylic acids is 1. The molecule has 0 bridgehead atoms. The normalized spacial score (nSPS) is 15.1. The summed E-state index contributed by atoms with van der Waals surface area (Å²) in [4.78, 5) is 23.8. The maximum Gasteiger partial charge on any atom is 0.259 e. The largest absolute Gasteiger partial charge is 0.303 e. The molecule has 1 saturated heterocycles. The number of thiazole rings is 1. The van der Waals surface area contributed by atoms with Crippen molar-refractivity contribution < 1.29 is 4.79 Å². The van der Waals surface area contributed by atoms with Gasteiger partial charge in [0, 0.05) is 18.5 Å². The lowest BCUT2D eigenvalue weighted by Crippen LogP contribution is -2.31. The Morgan fingerprint density at radius 2 is 2.00 bits per heavy atom. The van der Waals surface area contributed by atoms with Crippen LogP contribution >= 0.6 is 23.1 Å². The zero-order valence-corrected chi connectivity index (χ0v) is 16.7. The zero-order valence-electron chi connectivity index (χ0n) is 15.1. The molecular formula is C20H22N4OS2. The number of amides is 1. The number of benzene rings is 1. The summed E-state index contributed by atoms with van der Waals surface area (Å²) in [5.41, 5.74) is 1.45. The fraction of sp³-hybridized carbons (Fsp3) is 0.350. The molecule has 27 heavy (non-hydrogen) atoms. The molecule has 1 N–H and O–H groups in total. The van der Waals surface area contributed by atoms with Gasteiger partial charge in [-0.25, -0.2) is 9.97 Å². The highest BCUT2D eigenvalue weighted by molar-refractivity contribution is 7.99. The summed E-state index contributed by atoms with van der Waals surface area (Å²) in [7, 11) is 0. The van der Waals surface area contributed by atoms with Crippen molar-refractivity contribution in [2.45, 2.75) is 24.3 Å². The van der Waals surface area contributed by atoms with Crippen molar-refractivity contribution in [1.29, 1.82) is 0 Å². The summed E-state index contributed by atoms with van der Waals surface area (Å²) < 4.78 is 1.06. The van der Waals surface area contributed by atoms with E-state index in [-0.39, 0.29) is 5.91 Å². The maximum atomic E-state index is 12.4. The molecule has 0 aliphatic carbocycles. The molecule has 140 valence electrons. The summed E-state index contributed by atoms with van der Waals surface area (Å²) in [6.45, 7) is 3.55. The van der Waals surface area contributed by atoms with Crippen molar-refractivity contribution >= 4 is 44.4 Å². The predicted octanol–water partition coefficient (Wildman–Crippen LogP) is 4.52. The molecule has 1 amide bonds. The van der Waals surface area contributed by atoms with E-state index in [1.807, 2.05) is 36.4 Å². The van der Waals surface area contributed by atoms with Crippen LogP contribution in [0.1, 0.15) is 29.6 Å². The number of fused-ring (bicyclic) bond motifs is 1. The van der Waals surface area contributed by atoms with Crippen molar-refractivity contribution in [3.63, 3.8) is 0 Å². The Labute approximate surface area is 167 Å². The Hall–Kier alpha value is -1.96. The lowest BCUT2D eigenvalue weighted by Gasteiger charge is -2.25.